The van der Waals surface area contributed by atoms with Gasteiger partial charge >= 0.3 is 5.91 Å². The third-order valence-corrected chi connectivity index (χ3v) is 6.52. The zero-order valence-corrected chi connectivity index (χ0v) is 18.1. The summed E-state index contributed by atoms with van der Waals surface area (Å²) in [6, 6.07) is 15.2. The van der Waals surface area contributed by atoms with E-state index in [9.17, 15) is 23.5 Å². The standard InChI is InChI=1S/C25H16F2N2O3S/c1-13-2-4-15(5-3-13)22(30)20-21(14-6-8-16(26)9-7-14)29(24(32)23(20)31)25-28-18-11-10-17(27)12-19(18)33-25/h2-12,21,30H,1H3/t21-/m1/s1. The minimum absolute atomic E-state index is 0.124. The summed E-state index contributed by atoms with van der Waals surface area (Å²) in [6.45, 7) is 1.89. The molecule has 33 heavy (non-hydrogen) atoms. The highest BCUT2D eigenvalue weighted by molar-refractivity contribution is 7.22. The summed E-state index contributed by atoms with van der Waals surface area (Å²) in [5.41, 5.74) is 2.10. The highest BCUT2D eigenvalue weighted by Gasteiger charge is 2.48. The van der Waals surface area contributed by atoms with Crippen LogP contribution in [0.15, 0.2) is 72.3 Å². The van der Waals surface area contributed by atoms with Crippen molar-refractivity contribution in [1.29, 1.82) is 0 Å². The van der Waals surface area contributed by atoms with Gasteiger partial charge in [-0.1, -0.05) is 53.3 Å². The van der Waals surface area contributed by atoms with Gasteiger partial charge < -0.3 is 5.11 Å². The first kappa shape index (κ1) is 21.0. The van der Waals surface area contributed by atoms with Crippen LogP contribution in [0.3, 0.4) is 0 Å². The van der Waals surface area contributed by atoms with E-state index in [1.165, 1.54) is 47.4 Å². The quantitative estimate of drug-likeness (QED) is 0.248. The number of aryl methyl sites for hydroxylation is 1. The van der Waals surface area contributed by atoms with Crippen molar-refractivity contribution in [2.24, 2.45) is 0 Å². The molecule has 1 aromatic heterocycles. The van der Waals surface area contributed by atoms with Gasteiger partial charge in [-0.05, 0) is 42.8 Å². The van der Waals surface area contributed by atoms with E-state index in [0.29, 0.717) is 21.3 Å². The average Bonchev–Trinajstić information content (AvgIpc) is 3.32. The average molecular weight is 462 g/mol. The molecule has 5 rings (SSSR count). The van der Waals surface area contributed by atoms with Crippen molar-refractivity contribution in [2.45, 2.75) is 13.0 Å². The Balaban J connectivity index is 1.73. The molecule has 164 valence electrons. The SMILES string of the molecule is Cc1ccc(C(O)=C2C(=O)C(=O)N(c3nc4ccc(F)cc4s3)[C@@H]2c2ccc(F)cc2)cc1. The molecule has 0 radical (unpaired) electrons. The summed E-state index contributed by atoms with van der Waals surface area (Å²) >= 11 is 1.05. The van der Waals surface area contributed by atoms with Crippen molar-refractivity contribution < 1.29 is 23.5 Å². The van der Waals surface area contributed by atoms with Gasteiger partial charge in [0.05, 0.1) is 21.8 Å². The van der Waals surface area contributed by atoms with Crippen LogP contribution in [-0.4, -0.2) is 21.8 Å². The number of nitrogens with zero attached hydrogens (tertiary/aromatic N) is 2. The Labute approximate surface area is 191 Å². The molecule has 1 amide bonds. The van der Waals surface area contributed by atoms with Gasteiger partial charge in [0.15, 0.2) is 5.13 Å². The highest BCUT2D eigenvalue weighted by Crippen LogP contribution is 2.44. The molecule has 8 heteroatoms. The maximum atomic E-state index is 13.7. The first-order valence-corrected chi connectivity index (χ1v) is 10.8. The van der Waals surface area contributed by atoms with Gasteiger partial charge in [-0.3, -0.25) is 14.5 Å². The van der Waals surface area contributed by atoms with Crippen molar-refractivity contribution in [3.05, 3.63) is 101 Å². The van der Waals surface area contributed by atoms with Gasteiger partial charge in [0.25, 0.3) is 5.78 Å². The van der Waals surface area contributed by atoms with Gasteiger partial charge in [0, 0.05) is 5.56 Å². The van der Waals surface area contributed by atoms with E-state index in [2.05, 4.69) is 4.98 Å². The number of hydrogen-bond donors (Lipinski definition) is 1. The van der Waals surface area contributed by atoms with E-state index in [-0.39, 0.29) is 16.5 Å². The summed E-state index contributed by atoms with van der Waals surface area (Å²) in [7, 11) is 0. The zero-order valence-electron chi connectivity index (χ0n) is 17.3. The molecule has 0 bridgehead atoms. The third-order valence-electron chi connectivity index (χ3n) is 5.50. The number of hydrogen-bond acceptors (Lipinski definition) is 5. The number of aromatic nitrogens is 1. The Bertz CT molecular complexity index is 1440. The number of carbonyl (C=O) groups is 2. The fourth-order valence-electron chi connectivity index (χ4n) is 3.85. The lowest BCUT2D eigenvalue weighted by Crippen LogP contribution is -2.29. The molecule has 5 nitrogen and oxygen atoms in total. The molecule has 1 atom stereocenters. The van der Waals surface area contributed by atoms with Crippen LogP contribution >= 0.6 is 11.3 Å². The molecule has 4 aromatic rings. The molecular weight excluding hydrogens is 446 g/mol. The Morgan fingerprint density at radius 3 is 2.33 bits per heavy atom. The van der Waals surface area contributed by atoms with Crippen molar-refractivity contribution in [3.63, 3.8) is 0 Å². The second-order valence-electron chi connectivity index (χ2n) is 7.70. The van der Waals surface area contributed by atoms with Crippen LogP contribution in [0.1, 0.15) is 22.7 Å². The first-order valence-electron chi connectivity index (χ1n) is 10.0. The van der Waals surface area contributed by atoms with Crippen LogP contribution in [0, 0.1) is 18.6 Å². The number of anilines is 1. The minimum atomic E-state index is -1.03. The molecule has 0 saturated carbocycles. The summed E-state index contributed by atoms with van der Waals surface area (Å²) in [4.78, 5) is 31.9. The van der Waals surface area contributed by atoms with Crippen LogP contribution < -0.4 is 4.90 Å². The Morgan fingerprint density at radius 2 is 1.64 bits per heavy atom. The van der Waals surface area contributed by atoms with Gasteiger partial charge in [-0.15, -0.1) is 0 Å². The number of aliphatic hydroxyl groups is 1. The van der Waals surface area contributed by atoms with E-state index < -0.39 is 29.4 Å². The van der Waals surface area contributed by atoms with Gasteiger partial charge in [0.1, 0.15) is 17.4 Å². The lowest BCUT2D eigenvalue weighted by atomic mass is 9.95. The molecule has 1 aliphatic heterocycles. The summed E-state index contributed by atoms with van der Waals surface area (Å²) < 4.78 is 27.8. The van der Waals surface area contributed by atoms with Gasteiger partial charge in [-0.25, -0.2) is 13.8 Å². The normalized spacial score (nSPS) is 17.8. The molecule has 1 aliphatic rings. The fraction of sp³-hybridized carbons (Fsp3) is 0.0800. The Morgan fingerprint density at radius 1 is 0.970 bits per heavy atom. The third kappa shape index (κ3) is 3.58. The number of aliphatic hydroxyl groups excluding tert-OH is 1. The number of amides is 1. The molecule has 1 N–H and O–H groups in total. The second-order valence-corrected chi connectivity index (χ2v) is 8.70. The van der Waals surface area contributed by atoms with Crippen molar-refractivity contribution in [3.8, 4) is 0 Å². The molecule has 3 aromatic carbocycles. The van der Waals surface area contributed by atoms with Crippen LogP contribution in [0.4, 0.5) is 13.9 Å². The molecule has 0 aliphatic carbocycles. The number of benzene rings is 3. The van der Waals surface area contributed by atoms with Crippen LogP contribution in [0.5, 0.6) is 0 Å². The van der Waals surface area contributed by atoms with E-state index in [0.717, 1.165) is 16.9 Å². The second kappa shape index (κ2) is 7.90. The zero-order chi connectivity index (χ0) is 23.3. The van der Waals surface area contributed by atoms with Gasteiger partial charge in [0.2, 0.25) is 0 Å². The van der Waals surface area contributed by atoms with Crippen LogP contribution in [0.25, 0.3) is 16.0 Å². The topological polar surface area (TPSA) is 70.5 Å². The molecular formula is C25H16F2N2O3S. The van der Waals surface area contributed by atoms with Crippen LogP contribution in [0.2, 0.25) is 0 Å². The predicted octanol–water partition coefficient (Wildman–Crippen LogP) is 5.51. The molecule has 1 saturated heterocycles. The number of thiazole rings is 1. The molecule has 0 unspecified atom stereocenters. The van der Waals surface area contributed by atoms with Crippen molar-refractivity contribution in [2.75, 3.05) is 4.90 Å². The number of Topliss-reactive ketones (excluding diaryl/α,β-unsaturated/α-hetero) is 1. The smallest absolute Gasteiger partial charge is 0.301 e. The molecule has 2 heterocycles. The number of ketones is 1. The van der Waals surface area contributed by atoms with Crippen molar-refractivity contribution in [1.82, 2.24) is 4.98 Å². The van der Waals surface area contributed by atoms with E-state index in [4.69, 9.17) is 0 Å². The number of rotatable bonds is 3. The largest absolute Gasteiger partial charge is 0.507 e. The monoisotopic (exact) mass is 462 g/mol. The van der Waals surface area contributed by atoms with E-state index >= 15 is 0 Å². The molecule has 1 fully saturated rings. The molecule has 0 spiro atoms. The first-order chi connectivity index (χ1) is 15.8. The summed E-state index contributed by atoms with van der Waals surface area (Å²) in [6.07, 6.45) is 0. The van der Waals surface area contributed by atoms with E-state index in [1.807, 2.05) is 6.92 Å². The number of halogens is 2. The maximum absolute atomic E-state index is 13.7. The summed E-state index contributed by atoms with van der Waals surface area (Å²) in [5.74, 6) is -3.03. The van der Waals surface area contributed by atoms with Crippen molar-refractivity contribution >= 4 is 44.1 Å². The highest BCUT2D eigenvalue weighted by atomic mass is 32.1. The fourth-order valence-corrected chi connectivity index (χ4v) is 4.86. The number of fused-ring (bicyclic) bond motifs is 1. The van der Waals surface area contributed by atoms with Gasteiger partial charge in [-0.2, -0.15) is 0 Å². The predicted molar refractivity (Wildman–Crippen MR) is 122 cm³/mol. The van der Waals surface area contributed by atoms with Crippen LogP contribution in [-0.2, 0) is 9.59 Å². The Hall–Kier alpha value is -3.91. The van der Waals surface area contributed by atoms with E-state index in [1.54, 1.807) is 24.3 Å². The minimum Gasteiger partial charge on any atom is -0.507 e. The maximum Gasteiger partial charge on any atom is 0.301 e. The lowest BCUT2D eigenvalue weighted by molar-refractivity contribution is -0.132. The lowest BCUT2D eigenvalue weighted by Gasteiger charge is -2.23. The Kier molecular flexibility index (Phi) is 5.02. The number of carbonyl (C=O) groups excluding carboxylic acids is 2. The summed E-state index contributed by atoms with van der Waals surface area (Å²) in [5, 5.41) is 11.2.